The van der Waals surface area contributed by atoms with Gasteiger partial charge in [-0.3, -0.25) is 0 Å². The van der Waals surface area contributed by atoms with Gasteiger partial charge in [-0.15, -0.1) is 0 Å². The second-order valence-corrected chi connectivity index (χ2v) is 13.0. The molecule has 36 heteroatoms. The molecule has 0 bridgehead atoms. The van der Waals surface area contributed by atoms with Gasteiger partial charge < -0.3 is 10.4 Å². The average molecular weight is 993 g/mol. The number of alkyl halides is 34. The molecule has 0 aromatic rings. The Morgan fingerprint density at radius 3 is 0.721 bits per heavy atom. The van der Waals surface area contributed by atoms with E-state index in [9.17, 15) is 154 Å². The summed E-state index contributed by atoms with van der Waals surface area (Å²) < 4.78 is 461. The van der Waals surface area contributed by atoms with Crippen LogP contribution in [0.15, 0.2) is 0 Å². The molecule has 1 aliphatic rings. The van der Waals surface area contributed by atoms with E-state index in [0.29, 0.717) is 0 Å². The highest BCUT2D eigenvalue weighted by molar-refractivity contribution is 5.17. The number of halogens is 34. The van der Waals surface area contributed by atoms with Gasteiger partial charge in [0.15, 0.2) is 0 Å². The molecule has 2 N–H and O–H groups in total. The Morgan fingerprint density at radius 2 is 0.525 bits per heavy atom. The summed E-state index contributed by atoms with van der Waals surface area (Å²) >= 11 is 0. The summed E-state index contributed by atoms with van der Waals surface area (Å²) in [6.45, 7) is -0.696. The maximum absolute atomic E-state index is 14.5. The molecule has 1 rings (SSSR count). The van der Waals surface area contributed by atoms with Gasteiger partial charge >= 0.3 is 95.3 Å². The fourth-order valence-corrected chi connectivity index (χ4v) is 5.07. The molecule has 0 amide bonds. The molecule has 1 heterocycles. The van der Waals surface area contributed by atoms with Crippen molar-refractivity contribution < 1.29 is 154 Å². The summed E-state index contributed by atoms with van der Waals surface area (Å²) in [4.78, 5) is 0. The van der Waals surface area contributed by atoms with Gasteiger partial charge in [0.2, 0.25) is 0 Å². The molecule has 1 saturated heterocycles. The zero-order valence-corrected chi connectivity index (χ0v) is 27.8. The molecular weight excluding hydrogens is 976 g/mol. The van der Waals surface area contributed by atoms with Gasteiger partial charge in [-0.2, -0.15) is 149 Å². The Balaban J connectivity index is 3.70. The van der Waals surface area contributed by atoms with Crippen LogP contribution in [0.3, 0.4) is 0 Å². The predicted octanol–water partition coefficient (Wildman–Crippen LogP) is 12.0. The minimum atomic E-state index is -9.15. The van der Waals surface area contributed by atoms with E-state index in [1.165, 1.54) is 0 Å². The van der Waals surface area contributed by atoms with E-state index in [1.807, 2.05) is 0 Å². The highest BCUT2D eigenvalue weighted by Gasteiger charge is 2.97. The molecule has 0 aliphatic carbocycles. The molecule has 61 heavy (non-hydrogen) atoms. The molecule has 0 aromatic heterocycles. The molecule has 0 aromatic carbocycles. The topological polar surface area (TPSA) is 32.3 Å². The highest BCUT2D eigenvalue weighted by Crippen LogP contribution is 2.66. The van der Waals surface area contributed by atoms with Crippen LogP contribution in [0.4, 0.5) is 149 Å². The van der Waals surface area contributed by atoms with Gasteiger partial charge in [0.05, 0.1) is 5.60 Å². The van der Waals surface area contributed by atoms with Gasteiger partial charge in [0, 0.05) is 18.9 Å². The van der Waals surface area contributed by atoms with Crippen LogP contribution in [0, 0.1) is 0 Å². The highest BCUT2D eigenvalue weighted by atomic mass is 19.4. The van der Waals surface area contributed by atoms with Crippen LogP contribution in [-0.2, 0) is 0 Å². The van der Waals surface area contributed by atoms with Crippen LogP contribution in [0.2, 0.25) is 0 Å². The molecule has 1 atom stereocenters. The maximum atomic E-state index is 14.5. The van der Waals surface area contributed by atoms with Gasteiger partial charge in [0.1, 0.15) is 0 Å². The number of nitrogens with one attached hydrogen (secondary N) is 1. The first kappa shape index (κ1) is 56.6. The molecule has 366 valence electrons. The Kier molecular flexibility index (Phi) is 14.0. The normalized spacial score (nSPS) is 19.2. The SMILES string of the molecule is OC(CCC(F)(F)C(F)(F)C(F)(F)C(F)(F)C(F)(F)C(F)(F)C(F)(F)C(F)(F)F)(CCC(F)(F)C(F)(F)C(F)(F)C(F)(F)C(F)(F)C(F)(F)C(F)(F)C(F)(F)F)[C@@H]1CCCN1. The lowest BCUT2D eigenvalue weighted by Crippen LogP contribution is -2.74. The lowest BCUT2D eigenvalue weighted by atomic mass is 9.79. The first-order chi connectivity index (χ1) is 26.0. The number of hydrogen-bond acceptors (Lipinski definition) is 2. The first-order valence-corrected chi connectivity index (χ1v) is 14.9. The molecule has 0 saturated carbocycles. The van der Waals surface area contributed by atoms with Crippen LogP contribution < -0.4 is 5.32 Å². The summed E-state index contributed by atoms with van der Waals surface area (Å²) in [5.41, 5.74) is -4.25. The number of rotatable bonds is 19. The molecular formula is C25H17F34NO. The van der Waals surface area contributed by atoms with Crippen molar-refractivity contribution in [1.29, 1.82) is 0 Å². The predicted molar refractivity (Wildman–Crippen MR) is 126 cm³/mol. The fraction of sp³-hybridized carbons (Fsp3) is 1.00. The third-order valence-electron chi connectivity index (χ3n) is 9.03. The van der Waals surface area contributed by atoms with Gasteiger partial charge in [-0.05, 0) is 32.2 Å². The first-order valence-electron chi connectivity index (χ1n) is 14.9. The molecule has 1 fully saturated rings. The average Bonchev–Trinajstić information content (AvgIpc) is 3.60. The molecule has 2 nitrogen and oxygen atoms in total. The van der Waals surface area contributed by atoms with Crippen LogP contribution in [0.1, 0.15) is 38.5 Å². The van der Waals surface area contributed by atoms with E-state index in [4.69, 9.17) is 0 Å². The van der Waals surface area contributed by atoms with Crippen molar-refractivity contribution >= 4 is 0 Å². The van der Waals surface area contributed by atoms with E-state index >= 15 is 0 Å². The zero-order valence-electron chi connectivity index (χ0n) is 27.8. The fourth-order valence-electron chi connectivity index (χ4n) is 5.07. The van der Waals surface area contributed by atoms with Gasteiger partial charge in [-0.1, -0.05) is 0 Å². The van der Waals surface area contributed by atoms with Crippen molar-refractivity contribution in [3.8, 4) is 0 Å². The number of hydrogen-bond donors (Lipinski definition) is 2. The minimum absolute atomic E-state index is 0.557. The second kappa shape index (κ2) is 15.1. The van der Waals surface area contributed by atoms with Crippen molar-refractivity contribution in [1.82, 2.24) is 5.32 Å². The molecule has 0 spiro atoms. The summed E-state index contributed by atoms with van der Waals surface area (Å²) in [5.74, 6) is -121. The van der Waals surface area contributed by atoms with Crippen molar-refractivity contribution in [3.05, 3.63) is 0 Å². The molecule has 0 unspecified atom stereocenters. The van der Waals surface area contributed by atoms with Crippen molar-refractivity contribution in [2.75, 3.05) is 6.54 Å². The van der Waals surface area contributed by atoms with Crippen LogP contribution in [-0.4, -0.2) is 119 Å². The zero-order chi connectivity index (χ0) is 49.7. The van der Waals surface area contributed by atoms with E-state index in [1.54, 1.807) is 5.32 Å². The molecule has 1 aliphatic heterocycles. The monoisotopic (exact) mass is 993 g/mol. The Labute approximate surface area is 312 Å². The maximum Gasteiger partial charge on any atom is 0.460 e. The quantitative estimate of drug-likeness (QED) is 0.126. The second-order valence-electron chi connectivity index (χ2n) is 13.0. The third-order valence-corrected chi connectivity index (χ3v) is 9.03. The largest absolute Gasteiger partial charge is 0.460 e. The van der Waals surface area contributed by atoms with Crippen molar-refractivity contribution in [2.24, 2.45) is 0 Å². The standard InChI is InChI=1S/C25H17F34NO/c26-10(27,12(30,31)14(34,35)16(38,39)18(42,43)20(46,47)22(50,51)24(54,55)56)5-3-9(61,8-2-1-7-60-8)4-6-11(28,29)13(32,33)15(36,37)17(40,41)19(44,45)21(48,49)23(52,53)25(57,58)59/h8,60-61H,1-7H2/t8-/m0/s1. The van der Waals surface area contributed by atoms with Crippen molar-refractivity contribution in [2.45, 2.75) is 145 Å². The van der Waals surface area contributed by atoms with Crippen molar-refractivity contribution in [3.63, 3.8) is 0 Å². The van der Waals surface area contributed by atoms with Gasteiger partial charge in [-0.25, -0.2) is 0 Å². The minimum Gasteiger partial charge on any atom is -0.388 e. The molecule has 0 radical (unpaired) electrons. The Hall–Kier alpha value is -2.46. The van der Waals surface area contributed by atoms with Crippen LogP contribution in [0.5, 0.6) is 0 Å². The van der Waals surface area contributed by atoms with Gasteiger partial charge in [0.25, 0.3) is 0 Å². The van der Waals surface area contributed by atoms with E-state index in [0.717, 1.165) is 0 Å². The van der Waals surface area contributed by atoms with E-state index in [-0.39, 0.29) is 0 Å². The third kappa shape index (κ3) is 7.83. The summed E-state index contributed by atoms with van der Waals surface area (Å²) in [6, 6.07) is -2.51. The lowest BCUT2D eigenvalue weighted by molar-refractivity contribution is -0.462. The van der Waals surface area contributed by atoms with E-state index < -0.39 is 152 Å². The summed E-state index contributed by atoms with van der Waals surface area (Å²) in [5, 5.41) is 12.3. The Bertz CT molecular complexity index is 1430. The van der Waals surface area contributed by atoms with Crippen LogP contribution in [0.25, 0.3) is 0 Å². The summed E-state index contributed by atoms with van der Waals surface area (Å²) in [7, 11) is 0. The smallest absolute Gasteiger partial charge is 0.388 e. The summed E-state index contributed by atoms with van der Waals surface area (Å²) in [6.07, 6.45) is -31.1. The van der Waals surface area contributed by atoms with Crippen LogP contribution >= 0.6 is 0 Å². The lowest BCUT2D eigenvalue weighted by Gasteiger charge is -2.44. The Morgan fingerprint density at radius 1 is 0.311 bits per heavy atom. The number of aliphatic hydroxyl groups is 1. The van der Waals surface area contributed by atoms with E-state index in [2.05, 4.69) is 0 Å².